The van der Waals surface area contributed by atoms with Crippen LogP contribution in [-0.4, -0.2) is 11.2 Å². The van der Waals surface area contributed by atoms with Crippen molar-refractivity contribution < 1.29 is 4.79 Å². The molecule has 0 saturated carbocycles. The summed E-state index contributed by atoms with van der Waals surface area (Å²) in [6.45, 7) is 0. The van der Waals surface area contributed by atoms with E-state index in [2.05, 4.69) is 12.6 Å². The lowest BCUT2D eigenvalue weighted by atomic mass is 10.1. The molecule has 14 heavy (non-hydrogen) atoms. The number of carbonyl (C=O) groups excluding carboxylic acids is 1. The third-order valence-corrected chi connectivity index (χ3v) is 2.60. The number of hydrazine groups is 1. The smallest absolute Gasteiger partial charge is 0.247 e. The van der Waals surface area contributed by atoms with Gasteiger partial charge in [-0.25, -0.2) is 5.84 Å². The maximum atomic E-state index is 11.1. The average molecular weight is 231 g/mol. The molecule has 0 spiro atoms. The molecular formula is C9H11ClN2OS. The first-order valence-corrected chi connectivity index (χ1v) is 4.96. The highest BCUT2D eigenvalue weighted by Gasteiger charge is 2.14. The molecule has 3 N–H and O–H groups in total. The van der Waals surface area contributed by atoms with Crippen LogP contribution in [0.25, 0.3) is 0 Å². The molecule has 0 bridgehead atoms. The quantitative estimate of drug-likeness (QED) is 0.316. The summed E-state index contributed by atoms with van der Waals surface area (Å²) in [6, 6.07) is 7.33. The fourth-order valence-corrected chi connectivity index (χ4v) is 1.55. The van der Waals surface area contributed by atoms with Gasteiger partial charge in [-0.2, -0.15) is 12.6 Å². The van der Waals surface area contributed by atoms with Gasteiger partial charge in [0.1, 0.15) is 0 Å². The van der Waals surface area contributed by atoms with Crippen LogP contribution >= 0.6 is 24.2 Å². The number of carbonyl (C=O) groups is 1. The van der Waals surface area contributed by atoms with Crippen molar-refractivity contribution in [3.05, 3.63) is 34.9 Å². The summed E-state index contributed by atoms with van der Waals surface area (Å²) >= 11 is 10.0. The van der Waals surface area contributed by atoms with Crippen molar-refractivity contribution in [2.24, 2.45) is 5.84 Å². The van der Waals surface area contributed by atoms with Gasteiger partial charge in [0.15, 0.2) is 0 Å². The van der Waals surface area contributed by atoms with E-state index in [1.54, 1.807) is 6.07 Å². The van der Waals surface area contributed by atoms with E-state index in [0.29, 0.717) is 11.4 Å². The third-order valence-electron chi connectivity index (χ3n) is 1.82. The predicted octanol–water partition coefficient (Wildman–Crippen LogP) is 1.17. The molecule has 1 amide bonds. The zero-order valence-corrected chi connectivity index (χ0v) is 9.05. The lowest BCUT2D eigenvalue weighted by molar-refractivity contribution is -0.120. The largest absolute Gasteiger partial charge is 0.293 e. The van der Waals surface area contributed by atoms with E-state index in [0.717, 1.165) is 5.56 Å². The van der Waals surface area contributed by atoms with Crippen molar-refractivity contribution >= 4 is 30.1 Å². The molecule has 0 radical (unpaired) electrons. The fraction of sp³-hybridized carbons (Fsp3) is 0.222. The Hall–Kier alpha value is -0.710. The molecule has 3 nitrogen and oxygen atoms in total. The van der Waals surface area contributed by atoms with Crippen molar-refractivity contribution in [1.82, 2.24) is 5.43 Å². The minimum atomic E-state index is -0.472. The molecule has 0 aliphatic carbocycles. The number of hydrogen-bond donors (Lipinski definition) is 3. The second-order valence-corrected chi connectivity index (χ2v) is 3.85. The monoisotopic (exact) mass is 230 g/mol. The van der Waals surface area contributed by atoms with E-state index < -0.39 is 5.25 Å². The van der Waals surface area contributed by atoms with Crippen LogP contribution in [-0.2, 0) is 11.2 Å². The van der Waals surface area contributed by atoms with Gasteiger partial charge in [0.05, 0.1) is 5.25 Å². The molecule has 0 fully saturated rings. The average Bonchev–Trinajstić information content (AvgIpc) is 2.20. The lowest BCUT2D eigenvalue weighted by Crippen LogP contribution is -2.37. The van der Waals surface area contributed by atoms with Gasteiger partial charge in [-0.05, 0) is 18.1 Å². The van der Waals surface area contributed by atoms with Gasteiger partial charge in [0, 0.05) is 5.02 Å². The Kier molecular flexibility index (Phi) is 4.25. The van der Waals surface area contributed by atoms with Crippen LogP contribution in [0.2, 0.25) is 5.02 Å². The summed E-state index contributed by atoms with van der Waals surface area (Å²) < 4.78 is 0. The minimum absolute atomic E-state index is 0.312. The normalized spacial score (nSPS) is 12.2. The molecule has 0 aliphatic rings. The van der Waals surface area contributed by atoms with E-state index in [9.17, 15) is 4.79 Å². The van der Waals surface area contributed by atoms with Gasteiger partial charge in [-0.1, -0.05) is 29.8 Å². The Balaban J connectivity index is 2.69. The Labute approximate surface area is 93.0 Å². The second-order valence-electron chi connectivity index (χ2n) is 2.82. The Bertz CT molecular complexity index is 332. The van der Waals surface area contributed by atoms with Crippen molar-refractivity contribution in [1.29, 1.82) is 0 Å². The maximum Gasteiger partial charge on any atom is 0.247 e. The Morgan fingerprint density at radius 3 is 2.79 bits per heavy atom. The summed E-state index contributed by atoms with van der Waals surface area (Å²) in [5, 5.41) is 0.163. The van der Waals surface area contributed by atoms with Crippen molar-refractivity contribution in [3.63, 3.8) is 0 Å². The van der Waals surface area contributed by atoms with Gasteiger partial charge in [0.25, 0.3) is 0 Å². The molecule has 5 heteroatoms. The zero-order chi connectivity index (χ0) is 10.6. The Morgan fingerprint density at radius 1 is 1.57 bits per heavy atom. The first kappa shape index (κ1) is 11.4. The van der Waals surface area contributed by atoms with Gasteiger partial charge in [0.2, 0.25) is 5.91 Å². The van der Waals surface area contributed by atoms with Crippen LogP contribution in [0.3, 0.4) is 0 Å². The molecule has 76 valence electrons. The van der Waals surface area contributed by atoms with E-state index >= 15 is 0 Å². The number of thiol groups is 1. The summed E-state index contributed by atoms with van der Waals surface area (Å²) in [6.07, 6.45) is 0.464. The van der Waals surface area contributed by atoms with Crippen LogP contribution in [0.5, 0.6) is 0 Å². The molecule has 0 aromatic heterocycles. The molecule has 0 saturated heterocycles. The SMILES string of the molecule is NNC(=O)[C@@H](S)Cc1ccccc1Cl. The molecule has 0 heterocycles. The number of rotatable bonds is 3. The Morgan fingerprint density at radius 2 is 2.21 bits per heavy atom. The van der Waals surface area contributed by atoms with Gasteiger partial charge in [-0.15, -0.1) is 0 Å². The number of halogens is 1. The van der Waals surface area contributed by atoms with Gasteiger partial charge < -0.3 is 0 Å². The van der Waals surface area contributed by atoms with Crippen LogP contribution in [0, 0.1) is 0 Å². The standard InChI is InChI=1S/C9H11ClN2OS/c10-7-4-2-1-3-6(7)5-8(14)9(13)12-11/h1-4,8,14H,5,11H2,(H,12,13)/t8-/m0/s1. The topological polar surface area (TPSA) is 55.1 Å². The minimum Gasteiger partial charge on any atom is -0.293 e. The van der Waals surface area contributed by atoms with E-state index in [1.807, 2.05) is 23.6 Å². The predicted molar refractivity (Wildman–Crippen MR) is 60.3 cm³/mol. The molecule has 1 aromatic rings. The lowest BCUT2D eigenvalue weighted by Gasteiger charge is -2.09. The van der Waals surface area contributed by atoms with Crippen molar-refractivity contribution in [2.75, 3.05) is 0 Å². The fourth-order valence-electron chi connectivity index (χ4n) is 1.06. The van der Waals surface area contributed by atoms with Crippen molar-refractivity contribution in [3.8, 4) is 0 Å². The molecule has 1 aromatic carbocycles. The summed E-state index contributed by atoms with van der Waals surface area (Å²) in [7, 11) is 0. The van der Waals surface area contributed by atoms with Crippen molar-refractivity contribution in [2.45, 2.75) is 11.7 Å². The number of amides is 1. The van der Waals surface area contributed by atoms with E-state index in [4.69, 9.17) is 17.4 Å². The first-order valence-electron chi connectivity index (χ1n) is 4.07. The molecule has 0 unspecified atom stereocenters. The second kappa shape index (κ2) is 5.24. The summed E-state index contributed by atoms with van der Waals surface area (Å²) in [5.74, 6) is 4.67. The van der Waals surface area contributed by atoms with Crippen LogP contribution in [0.15, 0.2) is 24.3 Å². The molecule has 1 atom stereocenters. The first-order chi connectivity index (χ1) is 6.65. The highest BCUT2D eigenvalue weighted by atomic mass is 35.5. The number of nitrogens with one attached hydrogen (secondary N) is 1. The van der Waals surface area contributed by atoms with Gasteiger partial charge >= 0.3 is 0 Å². The molecular weight excluding hydrogens is 220 g/mol. The van der Waals surface area contributed by atoms with Crippen LogP contribution < -0.4 is 11.3 Å². The van der Waals surface area contributed by atoms with Crippen LogP contribution in [0.1, 0.15) is 5.56 Å². The van der Waals surface area contributed by atoms with Crippen LogP contribution in [0.4, 0.5) is 0 Å². The summed E-state index contributed by atoms with van der Waals surface area (Å²) in [5.41, 5.74) is 2.93. The van der Waals surface area contributed by atoms with Gasteiger partial charge in [-0.3, -0.25) is 10.2 Å². The number of hydrogen-bond acceptors (Lipinski definition) is 3. The maximum absolute atomic E-state index is 11.1. The highest BCUT2D eigenvalue weighted by molar-refractivity contribution is 7.81. The number of nitrogens with two attached hydrogens (primary N) is 1. The molecule has 1 rings (SSSR count). The summed E-state index contributed by atoms with van der Waals surface area (Å²) in [4.78, 5) is 11.1. The van der Waals surface area contributed by atoms with E-state index in [1.165, 1.54) is 0 Å². The third kappa shape index (κ3) is 2.90. The van der Waals surface area contributed by atoms with E-state index in [-0.39, 0.29) is 5.91 Å². The zero-order valence-electron chi connectivity index (χ0n) is 7.40. The number of benzene rings is 1. The molecule has 0 aliphatic heterocycles. The highest BCUT2D eigenvalue weighted by Crippen LogP contribution is 2.18.